The van der Waals surface area contributed by atoms with E-state index in [4.69, 9.17) is 9.47 Å². The van der Waals surface area contributed by atoms with Crippen molar-refractivity contribution in [2.75, 3.05) is 27.3 Å². The number of benzene rings is 1. The molecule has 1 saturated carbocycles. The van der Waals surface area contributed by atoms with E-state index in [1.54, 1.807) is 14.2 Å². The highest BCUT2D eigenvalue weighted by molar-refractivity contribution is 5.40. The molecular formula is C16H24N2O2. The van der Waals surface area contributed by atoms with E-state index in [0.717, 1.165) is 29.6 Å². The Kier molecular flexibility index (Phi) is 4.13. The van der Waals surface area contributed by atoms with Crippen molar-refractivity contribution in [3.8, 4) is 11.5 Å². The second kappa shape index (κ2) is 6.02. The first-order valence-corrected chi connectivity index (χ1v) is 7.48. The summed E-state index contributed by atoms with van der Waals surface area (Å²) in [5, 5.41) is 3.66. The van der Waals surface area contributed by atoms with E-state index >= 15 is 0 Å². The minimum absolute atomic E-state index is 0.603. The molecule has 0 radical (unpaired) electrons. The maximum Gasteiger partial charge on any atom is 0.123 e. The standard InChI is InChI=1S/C16H24N2O2/c1-19-15-5-6-16(20-2)12(9-15)10-17-13-7-8-18(11-13)14-3-4-14/h5-6,9,13-14,17H,3-4,7-8,10-11H2,1-2H3. The Morgan fingerprint density at radius 2 is 2.05 bits per heavy atom. The monoisotopic (exact) mass is 276 g/mol. The highest BCUT2D eigenvalue weighted by atomic mass is 16.5. The third-order valence-corrected chi connectivity index (χ3v) is 4.35. The topological polar surface area (TPSA) is 33.7 Å². The van der Waals surface area contributed by atoms with E-state index in [2.05, 4.69) is 16.3 Å². The van der Waals surface area contributed by atoms with Crippen molar-refractivity contribution in [1.82, 2.24) is 10.2 Å². The predicted molar refractivity (Wildman–Crippen MR) is 79.4 cm³/mol. The summed E-state index contributed by atoms with van der Waals surface area (Å²) in [7, 11) is 3.42. The third-order valence-electron chi connectivity index (χ3n) is 4.35. The summed E-state index contributed by atoms with van der Waals surface area (Å²) in [5.41, 5.74) is 1.16. The van der Waals surface area contributed by atoms with Gasteiger partial charge in [0, 0.05) is 37.3 Å². The van der Waals surface area contributed by atoms with Crippen molar-refractivity contribution in [3.63, 3.8) is 0 Å². The largest absolute Gasteiger partial charge is 0.497 e. The molecular weight excluding hydrogens is 252 g/mol. The number of methoxy groups -OCH3 is 2. The highest BCUT2D eigenvalue weighted by Gasteiger charge is 2.34. The number of nitrogens with zero attached hydrogens (tertiary/aromatic N) is 1. The lowest BCUT2D eigenvalue weighted by molar-refractivity contribution is 0.317. The minimum Gasteiger partial charge on any atom is -0.497 e. The van der Waals surface area contributed by atoms with Gasteiger partial charge in [-0.3, -0.25) is 4.90 Å². The van der Waals surface area contributed by atoms with E-state index in [9.17, 15) is 0 Å². The van der Waals surface area contributed by atoms with Crippen LogP contribution in [0.3, 0.4) is 0 Å². The van der Waals surface area contributed by atoms with Crippen LogP contribution in [0, 0.1) is 0 Å². The molecule has 1 N–H and O–H groups in total. The fraction of sp³-hybridized carbons (Fsp3) is 0.625. The second-order valence-corrected chi connectivity index (χ2v) is 5.77. The van der Waals surface area contributed by atoms with Crippen LogP contribution in [-0.4, -0.2) is 44.3 Å². The molecule has 3 rings (SSSR count). The molecule has 110 valence electrons. The van der Waals surface area contributed by atoms with E-state index in [0.29, 0.717) is 6.04 Å². The smallest absolute Gasteiger partial charge is 0.123 e. The van der Waals surface area contributed by atoms with Gasteiger partial charge in [-0.15, -0.1) is 0 Å². The van der Waals surface area contributed by atoms with Crippen LogP contribution in [-0.2, 0) is 6.54 Å². The number of hydrogen-bond donors (Lipinski definition) is 1. The van der Waals surface area contributed by atoms with Crippen molar-refractivity contribution in [3.05, 3.63) is 23.8 Å². The fourth-order valence-electron chi connectivity index (χ4n) is 3.00. The molecule has 4 nitrogen and oxygen atoms in total. The summed E-state index contributed by atoms with van der Waals surface area (Å²) in [6.45, 7) is 3.28. The molecule has 1 aromatic carbocycles. The van der Waals surface area contributed by atoms with Crippen molar-refractivity contribution < 1.29 is 9.47 Å². The highest BCUT2D eigenvalue weighted by Crippen LogP contribution is 2.30. The van der Waals surface area contributed by atoms with Crippen LogP contribution in [0.5, 0.6) is 11.5 Å². The molecule has 1 aliphatic heterocycles. The van der Waals surface area contributed by atoms with E-state index < -0.39 is 0 Å². The molecule has 1 saturated heterocycles. The normalized spacial score (nSPS) is 23.0. The second-order valence-electron chi connectivity index (χ2n) is 5.77. The molecule has 1 unspecified atom stereocenters. The van der Waals surface area contributed by atoms with Gasteiger partial charge in [-0.05, 0) is 37.5 Å². The minimum atomic E-state index is 0.603. The molecule has 4 heteroatoms. The van der Waals surface area contributed by atoms with Gasteiger partial charge >= 0.3 is 0 Å². The van der Waals surface area contributed by atoms with Crippen LogP contribution in [0.4, 0.5) is 0 Å². The number of ether oxygens (including phenoxy) is 2. The van der Waals surface area contributed by atoms with Gasteiger partial charge in [0.05, 0.1) is 14.2 Å². The van der Waals surface area contributed by atoms with Crippen molar-refractivity contribution in [2.24, 2.45) is 0 Å². The Bertz CT molecular complexity index is 460. The Hall–Kier alpha value is -1.26. The lowest BCUT2D eigenvalue weighted by Gasteiger charge is -2.17. The van der Waals surface area contributed by atoms with Gasteiger partial charge in [0.25, 0.3) is 0 Å². The number of likely N-dealkylation sites (tertiary alicyclic amines) is 1. The number of rotatable bonds is 6. The van der Waals surface area contributed by atoms with Crippen LogP contribution < -0.4 is 14.8 Å². The summed E-state index contributed by atoms with van der Waals surface area (Å²) >= 11 is 0. The summed E-state index contributed by atoms with van der Waals surface area (Å²) in [6.07, 6.45) is 4.05. The van der Waals surface area contributed by atoms with Crippen LogP contribution in [0.25, 0.3) is 0 Å². The van der Waals surface area contributed by atoms with Crippen molar-refractivity contribution in [2.45, 2.75) is 37.9 Å². The van der Waals surface area contributed by atoms with E-state index in [-0.39, 0.29) is 0 Å². The van der Waals surface area contributed by atoms with Gasteiger partial charge in [-0.25, -0.2) is 0 Å². The number of nitrogens with one attached hydrogen (secondary N) is 1. The molecule has 0 aromatic heterocycles. The van der Waals surface area contributed by atoms with Crippen LogP contribution in [0.1, 0.15) is 24.8 Å². The molecule has 20 heavy (non-hydrogen) atoms. The summed E-state index contributed by atoms with van der Waals surface area (Å²) in [5.74, 6) is 1.81. The molecule has 0 amide bonds. The first-order chi connectivity index (χ1) is 9.80. The Morgan fingerprint density at radius 3 is 2.75 bits per heavy atom. The zero-order chi connectivity index (χ0) is 13.9. The Labute approximate surface area is 121 Å². The summed E-state index contributed by atoms with van der Waals surface area (Å²) < 4.78 is 10.7. The SMILES string of the molecule is COc1ccc(OC)c(CNC2CCN(C3CC3)C2)c1. The zero-order valence-corrected chi connectivity index (χ0v) is 12.4. The fourth-order valence-corrected chi connectivity index (χ4v) is 3.00. The molecule has 2 fully saturated rings. The lowest BCUT2D eigenvalue weighted by Crippen LogP contribution is -2.32. The lowest BCUT2D eigenvalue weighted by atomic mass is 10.1. The molecule has 1 aliphatic carbocycles. The molecule has 0 spiro atoms. The van der Waals surface area contributed by atoms with Gasteiger partial charge in [-0.2, -0.15) is 0 Å². The Balaban J connectivity index is 1.57. The van der Waals surface area contributed by atoms with E-state index in [1.807, 2.05) is 12.1 Å². The molecule has 1 atom stereocenters. The van der Waals surface area contributed by atoms with Crippen LogP contribution in [0.2, 0.25) is 0 Å². The average Bonchev–Trinajstić information content (AvgIpc) is 3.24. The van der Waals surface area contributed by atoms with Gasteiger partial charge in [-0.1, -0.05) is 0 Å². The zero-order valence-electron chi connectivity index (χ0n) is 12.4. The maximum absolute atomic E-state index is 5.42. The summed E-state index contributed by atoms with van der Waals surface area (Å²) in [4.78, 5) is 2.63. The summed E-state index contributed by atoms with van der Waals surface area (Å²) in [6, 6.07) is 7.45. The Morgan fingerprint density at radius 1 is 1.20 bits per heavy atom. The molecule has 1 aromatic rings. The quantitative estimate of drug-likeness (QED) is 0.862. The van der Waals surface area contributed by atoms with Gasteiger partial charge in [0.15, 0.2) is 0 Å². The molecule has 2 aliphatic rings. The third kappa shape index (κ3) is 3.07. The van der Waals surface area contributed by atoms with E-state index in [1.165, 1.54) is 32.4 Å². The van der Waals surface area contributed by atoms with Gasteiger partial charge in [0.1, 0.15) is 11.5 Å². The van der Waals surface area contributed by atoms with Crippen molar-refractivity contribution in [1.29, 1.82) is 0 Å². The van der Waals surface area contributed by atoms with Crippen molar-refractivity contribution >= 4 is 0 Å². The van der Waals surface area contributed by atoms with Gasteiger partial charge < -0.3 is 14.8 Å². The molecule has 1 heterocycles. The van der Waals surface area contributed by atoms with Crippen LogP contribution >= 0.6 is 0 Å². The average molecular weight is 276 g/mol. The first kappa shape index (κ1) is 13.7. The van der Waals surface area contributed by atoms with Crippen LogP contribution in [0.15, 0.2) is 18.2 Å². The molecule has 0 bridgehead atoms. The first-order valence-electron chi connectivity index (χ1n) is 7.48. The maximum atomic E-state index is 5.42. The number of hydrogen-bond acceptors (Lipinski definition) is 4. The predicted octanol–water partition coefficient (Wildman–Crippen LogP) is 2.03. The van der Waals surface area contributed by atoms with Gasteiger partial charge in [0.2, 0.25) is 0 Å².